The number of rotatable bonds is 12. The Morgan fingerprint density at radius 1 is 1.00 bits per heavy atom. The quantitative estimate of drug-likeness (QED) is 0.353. The van der Waals surface area contributed by atoms with Crippen molar-refractivity contribution in [2.24, 2.45) is 5.92 Å². The monoisotopic (exact) mass is 559 g/mol. The van der Waals surface area contributed by atoms with Crippen LogP contribution in [0.4, 0.5) is 4.39 Å². The highest BCUT2D eigenvalue weighted by Gasteiger charge is 2.28. The minimum atomic E-state index is -0.268. The van der Waals surface area contributed by atoms with Crippen LogP contribution in [0.3, 0.4) is 0 Å². The first-order valence-electron chi connectivity index (χ1n) is 14.1. The lowest BCUT2D eigenvalue weighted by Crippen LogP contribution is -2.48. The van der Waals surface area contributed by atoms with Crippen LogP contribution in [0.15, 0.2) is 48.5 Å². The molecule has 214 valence electrons. The third kappa shape index (κ3) is 9.50. The van der Waals surface area contributed by atoms with Crippen molar-refractivity contribution < 1.29 is 18.7 Å². The van der Waals surface area contributed by atoms with E-state index in [2.05, 4.69) is 18.7 Å². The Balaban J connectivity index is 0.00000420. The fourth-order valence-electron chi connectivity index (χ4n) is 5.33. The molecule has 4 rings (SSSR count). The van der Waals surface area contributed by atoms with E-state index in [9.17, 15) is 14.0 Å². The second-order valence-corrected chi connectivity index (χ2v) is 11.1. The summed E-state index contributed by atoms with van der Waals surface area (Å²) in [5.41, 5.74) is 1.90. The third-order valence-corrected chi connectivity index (χ3v) is 7.52. The standard InChI is InChI=1S/C31H42FN3O3.ClH/c1-24(2)23-38-29-12-8-25(9-13-29)21-31(37)35(22-26-6-10-27(32)11-7-26)28-14-19-33(20-15-28)16-4-18-34-17-3-5-30(34)36;/h6-13,24,28H,3-5,14-23H2,1-2H3;1H. The molecular formula is C31H43ClFN3O3. The normalized spacial score (nSPS) is 16.4. The zero-order chi connectivity index (χ0) is 26.9. The molecule has 6 nitrogen and oxygen atoms in total. The van der Waals surface area contributed by atoms with E-state index in [0.717, 1.165) is 75.3 Å². The maximum Gasteiger partial charge on any atom is 0.227 e. The van der Waals surface area contributed by atoms with E-state index in [1.165, 1.54) is 12.1 Å². The molecule has 0 bridgehead atoms. The van der Waals surface area contributed by atoms with Crippen LogP contribution in [0, 0.1) is 11.7 Å². The highest BCUT2D eigenvalue weighted by Crippen LogP contribution is 2.22. The van der Waals surface area contributed by atoms with E-state index in [1.54, 1.807) is 12.1 Å². The molecule has 2 heterocycles. The number of amides is 2. The number of benzene rings is 2. The summed E-state index contributed by atoms with van der Waals surface area (Å²) in [5, 5.41) is 0. The molecule has 2 aromatic rings. The van der Waals surface area contributed by atoms with Crippen LogP contribution in [0.2, 0.25) is 0 Å². The van der Waals surface area contributed by atoms with Crippen molar-refractivity contribution in [1.29, 1.82) is 0 Å². The van der Waals surface area contributed by atoms with Gasteiger partial charge in [0.25, 0.3) is 0 Å². The Hall–Kier alpha value is -2.64. The molecule has 0 aromatic heterocycles. The van der Waals surface area contributed by atoms with Crippen LogP contribution in [-0.4, -0.2) is 71.9 Å². The summed E-state index contributed by atoms with van der Waals surface area (Å²) in [4.78, 5) is 31.9. The Morgan fingerprint density at radius 2 is 1.67 bits per heavy atom. The minimum Gasteiger partial charge on any atom is -0.493 e. The molecular weight excluding hydrogens is 517 g/mol. The fourth-order valence-corrected chi connectivity index (χ4v) is 5.33. The smallest absolute Gasteiger partial charge is 0.227 e. The Morgan fingerprint density at radius 3 is 2.28 bits per heavy atom. The number of halogens is 2. The van der Waals surface area contributed by atoms with Crippen molar-refractivity contribution in [1.82, 2.24) is 14.7 Å². The highest BCUT2D eigenvalue weighted by atomic mass is 35.5. The van der Waals surface area contributed by atoms with Crippen molar-refractivity contribution in [3.05, 3.63) is 65.5 Å². The van der Waals surface area contributed by atoms with Crippen LogP contribution in [0.1, 0.15) is 57.1 Å². The summed E-state index contributed by atoms with van der Waals surface area (Å²) in [6.45, 7) is 9.97. The van der Waals surface area contributed by atoms with Gasteiger partial charge in [-0.05, 0) is 73.5 Å². The molecule has 0 atom stereocenters. The topological polar surface area (TPSA) is 53.1 Å². The lowest BCUT2D eigenvalue weighted by atomic mass is 10.0. The van der Waals surface area contributed by atoms with Crippen LogP contribution in [0.25, 0.3) is 0 Å². The summed E-state index contributed by atoms with van der Waals surface area (Å²) in [7, 11) is 0. The first-order valence-corrected chi connectivity index (χ1v) is 14.1. The van der Waals surface area contributed by atoms with Gasteiger partial charge >= 0.3 is 0 Å². The van der Waals surface area contributed by atoms with Gasteiger partial charge in [-0.1, -0.05) is 38.1 Å². The number of nitrogens with zero attached hydrogens (tertiary/aromatic N) is 3. The van der Waals surface area contributed by atoms with Gasteiger partial charge in [0, 0.05) is 45.2 Å². The zero-order valence-electron chi connectivity index (χ0n) is 23.3. The fraction of sp³-hybridized carbons (Fsp3) is 0.548. The summed E-state index contributed by atoms with van der Waals surface area (Å²) in [5.74, 6) is 1.39. The van der Waals surface area contributed by atoms with Gasteiger partial charge in [-0.15, -0.1) is 12.4 Å². The van der Waals surface area contributed by atoms with Crippen molar-refractivity contribution in [3.8, 4) is 5.75 Å². The van der Waals surface area contributed by atoms with Gasteiger partial charge in [0.2, 0.25) is 11.8 Å². The van der Waals surface area contributed by atoms with Gasteiger partial charge < -0.3 is 19.4 Å². The lowest BCUT2D eigenvalue weighted by molar-refractivity contribution is -0.134. The Kier molecular flexibility index (Phi) is 12.1. The predicted octanol–water partition coefficient (Wildman–Crippen LogP) is 5.33. The summed E-state index contributed by atoms with van der Waals surface area (Å²) in [6, 6.07) is 14.4. The van der Waals surface area contributed by atoms with Gasteiger partial charge in [-0.2, -0.15) is 0 Å². The molecule has 0 spiro atoms. The molecule has 2 aliphatic rings. The van der Waals surface area contributed by atoms with Gasteiger partial charge in [0.1, 0.15) is 11.6 Å². The average Bonchev–Trinajstić information content (AvgIpc) is 3.32. The molecule has 0 saturated carbocycles. The molecule has 2 saturated heterocycles. The highest BCUT2D eigenvalue weighted by molar-refractivity contribution is 5.85. The maximum absolute atomic E-state index is 13.6. The first kappa shape index (κ1) is 30.9. The number of carbonyl (C=O) groups is 2. The molecule has 8 heteroatoms. The predicted molar refractivity (Wildman–Crippen MR) is 155 cm³/mol. The van der Waals surface area contributed by atoms with E-state index in [0.29, 0.717) is 31.9 Å². The summed E-state index contributed by atoms with van der Waals surface area (Å²) in [6.07, 6.45) is 4.83. The first-order chi connectivity index (χ1) is 18.4. The molecule has 2 amide bonds. The van der Waals surface area contributed by atoms with E-state index >= 15 is 0 Å². The van der Waals surface area contributed by atoms with Crippen LogP contribution in [-0.2, 0) is 22.6 Å². The van der Waals surface area contributed by atoms with E-state index in [4.69, 9.17) is 4.74 Å². The van der Waals surface area contributed by atoms with Crippen LogP contribution in [0.5, 0.6) is 5.75 Å². The number of ether oxygens (including phenoxy) is 1. The zero-order valence-corrected chi connectivity index (χ0v) is 24.1. The van der Waals surface area contributed by atoms with E-state index in [-0.39, 0.29) is 36.1 Å². The number of piperidine rings is 1. The van der Waals surface area contributed by atoms with Gasteiger partial charge in [0.15, 0.2) is 0 Å². The van der Waals surface area contributed by atoms with E-state index < -0.39 is 0 Å². The second kappa shape index (κ2) is 15.2. The molecule has 2 fully saturated rings. The van der Waals surface area contributed by atoms with Crippen molar-refractivity contribution in [2.45, 2.75) is 65.0 Å². The molecule has 0 radical (unpaired) electrons. The molecule has 2 aromatic carbocycles. The van der Waals surface area contributed by atoms with Crippen LogP contribution >= 0.6 is 12.4 Å². The number of hydrogen-bond acceptors (Lipinski definition) is 4. The summed E-state index contributed by atoms with van der Waals surface area (Å²) < 4.78 is 19.3. The molecule has 0 N–H and O–H groups in total. The number of likely N-dealkylation sites (tertiary alicyclic amines) is 2. The Bertz CT molecular complexity index is 1040. The van der Waals surface area contributed by atoms with Gasteiger partial charge in [0.05, 0.1) is 13.0 Å². The average molecular weight is 560 g/mol. The minimum absolute atomic E-state index is 0. The molecule has 0 aliphatic carbocycles. The maximum atomic E-state index is 13.6. The van der Waals surface area contributed by atoms with Gasteiger partial charge in [-0.25, -0.2) is 4.39 Å². The molecule has 2 aliphatic heterocycles. The van der Waals surface area contributed by atoms with Crippen molar-refractivity contribution >= 4 is 24.2 Å². The van der Waals surface area contributed by atoms with Crippen LogP contribution < -0.4 is 4.74 Å². The lowest BCUT2D eigenvalue weighted by Gasteiger charge is -2.39. The number of carbonyl (C=O) groups excluding carboxylic acids is 2. The Labute approximate surface area is 238 Å². The number of hydrogen-bond donors (Lipinski definition) is 0. The second-order valence-electron chi connectivity index (χ2n) is 11.1. The largest absolute Gasteiger partial charge is 0.493 e. The molecule has 0 unspecified atom stereocenters. The third-order valence-electron chi connectivity index (χ3n) is 7.52. The van der Waals surface area contributed by atoms with E-state index in [1.807, 2.05) is 34.1 Å². The van der Waals surface area contributed by atoms with Gasteiger partial charge in [-0.3, -0.25) is 9.59 Å². The summed E-state index contributed by atoms with van der Waals surface area (Å²) >= 11 is 0. The van der Waals surface area contributed by atoms with Crippen molar-refractivity contribution in [2.75, 3.05) is 39.3 Å². The molecule has 39 heavy (non-hydrogen) atoms. The van der Waals surface area contributed by atoms with Crippen molar-refractivity contribution in [3.63, 3.8) is 0 Å². The SMILES string of the molecule is CC(C)COc1ccc(CC(=O)N(Cc2ccc(F)cc2)C2CCN(CCCN3CCCC3=O)CC2)cc1.Cl.